The van der Waals surface area contributed by atoms with Gasteiger partial charge in [-0.1, -0.05) is 68.5 Å². The molecular weight excluding hydrogens is 779 g/mol. The predicted molar refractivity (Wildman–Crippen MR) is 231 cm³/mol. The molecule has 3 fully saturated rings. The largest absolute Gasteiger partial charge is 0.355 e. The number of anilines is 2. The third kappa shape index (κ3) is 11.7. The van der Waals surface area contributed by atoms with Crippen LogP contribution in [-0.2, 0) is 32.3 Å². The van der Waals surface area contributed by atoms with Crippen molar-refractivity contribution in [1.29, 1.82) is 0 Å². The number of aromatic nitrogens is 2. The second-order valence-corrected chi connectivity index (χ2v) is 18.3. The van der Waals surface area contributed by atoms with E-state index in [0.717, 1.165) is 104 Å². The number of fused-ring (bicyclic) bond motifs is 1. The van der Waals surface area contributed by atoms with E-state index in [1.54, 1.807) is 6.07 Å². The number of carbonyl (C=O) groups is 5. The van der Waals surface area contributed by atoms with E-state index >= 15 is 0 Å². The molecule has 4 aliphatic heterocycles. The lowest BCUT2D eigenvalue weighted by atomic mass is 9.91. The first kappa shape index (κ1) is 43.2. The van der Waals surface area contributed by atoms with Crippen molar-refractivity contribution in [3.05, 3.63) is 71.5 Å². The average molecular weight is 838 g/mol. The van der Waals surface area contributed by atoms with Crippen LogP contribution in [0.5, 0.6) is 0 Å². The minimum absolute atomic E-state index is 0.0136. The lowest BCUT2D eigenvalue weighted by Crippen LogP contribution is -2.52. The van der Waals surface area contributed by atoms with Gasteiger partial charge in [-0.25, -0.2) is 9.97 Å². The van der Waals surface area contributed by atoms with Crippen LogP contribution in [0.3, 0.4) is 0 Å². The highest BCUT2D eigenvalue weighted by Crippen LogP contribution is 2.31. The zero-order valence-electron chi connectivity index (χ0n) is 34.8. The van der Waals surface area contributed by atoms with E-state index in [1.807, 2.05) is 48.8 Å². The number of nitrogens with two attached hydrogens (primary N) is 1. The van der Waals surface area contributed by atoms with Gasteiger partial charge in [0.05, 0.1) is 18.3 Å². The summed E-state index contributed by atoms with van der Waals surface area (Å²) in [4.78, 5) is 78.6. The first-order valence-electron chi connectivity index (χ1n) is 21.7. The van der Waals surface area contributed by atoms with Crippen molar-refractivity contribution in [2.45, 2.75) is 125 Å². The molecule has 60 heavy (non-hydrogen) atoms. The Hall–Kier alpha value is -4.86. The molecule has 5 heterocycles. The molecule has 1 unspecified atom stereocenters. The van der Waals surface area contributed by atoms with Gasteiger partial charge in [0.15, 0.2) is 0 Å². The van der Waals surface area contributed by atoms with Gasteiger partial charge in [0.1, 0.15) is 16.9 Å². The van der Waals surface area contributed by atoms with Crippen LogP contribution < -0.4 is 26.6 Å². The Labute approximate surface area is 357 Å². The smallest absolute Gasteiger partial charge is 0.255 e. The molecule has 14 nitrogen and oxygen atoms in total. The van der Waals surface area contributed by atoms with Crippen molar-refractivity contribution >= 4 is 52.8 Å². The maximum absolute atomic E-state index is 13.0. The summed E-state index contributed by atoms with van der Waals surface area (Å²) in [6.07, 6.45) is 15.5. The highest BCUT2D eigenvalue weighted by molar-refractivity contribution is 7.99. The van der Waals surface area contributed by atoms with Gasteiger partial charge in [0.25, 0.3) is 5.91 Å². The summed E-state index contributed by atoms with van der Waals surface area (Å²) in [5, 5.41) is 9.25. The third-order valence-electron chi connectivity index (χ3n) is 12.2. The molecule has 0 saturated carbocycles. The maximum Gasteiger partial charge on any atom is 0.255 e. The van der Waals surface area contributed by atoms with Crippen molar-refractivity contribution in [2.24, 2.45) is 11.7 Å². The number of carbonyl (C=O) groups excluding carboxylic acids is 5. The summed E-state index contributed by atoms with van der Waals surface area (Å²) in [5.74, 6) is 0.0672. The summed E-state index contributed by atoms with van der Waals surface area (Å²) in [6.45, 7) is 7.22. The lowest BCUT2D eigenvalue weighted by Gasteiger charge is -2.38. The number of hydrogen-bond donors (Lipinski definition) is 4. The van der Waals surface area contributed by atoms with Crippen LogP contribution in [0.1, 0.15) is 112 Å². The van der Waals surface area contributed by atoms with Crippen molar-refractivity contribution in [1.82, 2.24) is 30.4 Å². The van der Waals surface area contributed by atoms with Gasteiger partial charge < -0.3 is 31.1 Å². The molecule has 7 rings (SSSR count). The lowest BCUT2D eigenvalue weighted by molar-refractivity contribution is -0.137. The minimum Gasteiger partial charge on any atom is -0.355 e. The van der Waals surface area contributed by atoms with E-state index in [2.05, 4.69) is 42.6 Å². The molecule has 1 atom stereocenters. The second kappa shape index (κ2) is 20.1. The first-order chi connectivity index (χ1) is 29.0. The van der Waals surface area contributed by atoms with E-state index in [9.17, 15) is 24.0 Å². The van der Waals surface area contributed by atoms with Gasteiger partial charge in [0, 0.05) is 73.8 Å². The molecule has 4 aliphatic rings. The van der Waals surface area contributed by atoms with E-state index < -0.39 is 11.9 Å². The van der Waals surface area contributed by atoms with Crippen LogP contribution in [0.25, 0.3) is 0 Å². The number of hydrogen-bond acceptors (Lipinski definition) is 11. The third-order valence-corrected chi connectivity index (χ3v) is 13.1. The van der Waals surface area contributed by atoms with E-state index in [1.165, 1.54) is 42.3 Å². The quantitative estimate of drug-likeness (QED) is 0.0896. The molecule has 5 N–H and O–H groups in total. The SMILES string of the molecule is CC1(N)CCN(c2cnc(Sc3cccc(NC(=O)C4CN(CCCCCCCCCCC(=O)NCc5ccc6c(c5)CN(C5CCC(=O)NC5=O)C6=O)C4)c3)cn2)CC1. The highest BCUT2D eigenvalue weighted by atomic mass is 32.2. The first-order valence-corrected chi connectivity index (χ1v) is 22.5. The van der Waals surface area contributed by atoms with Gasteiger partial charge in [-0.2, -0.15) is 0 Å². The molecule has 3 aromatic rings. The van der Waals surface area contributed by atoms with E-state index in [-0.39, 0.29) is 41.5 Å². The van der Waals surface area contributed by atoms with Gasteiger partial charge in [-0.3, -0.25) is 29.3 Å². The summed E-state index contributed by atoms with van der Waals surface area (Å²) in [5.41, 5.74) is 9.28. The molecule has 1 aromatic heterocycles. The van der Waals surface area contributed by atoms with Crippen molar-refractivity contribution < 1.29 is 24.0 Å². The Morgan fingerprint density at radius 3 is 2.42 bits per heavy atom. The zero-order chi connectivity index (χ0) is 42.1. The summed E-state index contributed by atoms with van der Waals surface area (Å²) in [7, 11) is 0. The van der Waals surface area contributed by atoms with Gasteiger partial charge in [-0.05, 0) is 81.0 Å². The van der Waals surface area contributed by atoms with Crippen molar-refractivity contribution in [3.8, 4) is 0 Å². The molecule has 0 bridgehead atoms. The predicted octanol–water partition coefficient (Wildman–Crippen LogP) is 5.40. The molecule has 5 amide bonds. The molecule has 0 radical (unpaired) electrons. The molecule has 320 valence electrons. The number of piperidine rings is 2. The van der Waals surface area contributed by atoms with Crippen LogP contribution >= 0.6 is 11.8 Å². The van der Waals surface area contributed by atoms with Crippen molar-refractivity contribution in [2.75, 3.05) is 42.9 Å². The summed E-state index contributed by atoms with van der Waals surface area (Å²) >= 11 is 1.53. The molecular formula is C45H59N9O5S. The maximum atomic E-state index is 13.0. The molecule has 2 aromatic carbocycles. The topological polar surface area (TPSA) is 183 Å². The highest BCUT2D eigenvalue weighted by Gasteiger charge is 2.39. The number of nitrogens with one attached hydrogen (secondary N) is 3. The monoisotopic (exact) mass is 837 g/mol. The Kier molecular flexibility index (Phi) is 14.5. The van der Waals surface area contributed by atoms with Gasteiger partial charge in [-0.15, -0.1) is 0 Å². The molecule has 15 heteroatoms. The number of likely N-dealkylation sites (tertiary alicyclic amines) is 1. The number of amides is 5. The second-order valence-electron chi connectivity index (χ2n) is 17.2. The number of unbranched alkanes of at least 4 members (excludes halogenated alkanes) is 7. The Bertz CT molecular complexity index is 2010. The molecule has 3 saturated heterocycles. The number of rotatable bonds is 19. The van der Waals surface area contributed by atoms with E-state index in [0.29, 0.717) is 31.5 Å². The fraction of sp³-hybridized carbons (Fsp3) is 0.533. The van der Waals surface area contributed by atoms with E-state index in [4.69, 9.17) is 5.73 Å². The van der Waals surface area contributed by atoms with Crippen LogP contribution in [0.2, 0.25) is 0 Å². The van der Waals surface area contributed by atoms with Crippen LogP contribution in [0, 0.1) is 5.92 Å². The Morgan fingerprint density at radius 2 is 1.68 bits per heavy atom. The molecule has 0 aliphatic carbocycles. The van der Waals surface area contributed by atoms with Crippen LogP contribution in [0.15, 0.2) is 64.8 Å². The van der Waals surface area contributed by atoms with Gasteiger partial charge >= 0.3 is 0 Å². The Morgan fingerprint density at radius 1 is 0.933 bits per heavy atom. The fourth-order valence-electron chi connectivity index (χ4n) is 8.40. The normalized spacial score (nSPS) is 19.2. The van der Waals surface area contributed by atoms with Crippen LogP contribution in [-0.4, -0.2) is 93.6 Å². The average Bonchev–Trinajstić information content (AvgIpc) is 3.53. The number of nitrogens with zero attached hydrogens (tertiary/aromatic N) is 5. The minimum atomic E-state index is -0.637. The summed E-state index contributed by atoms with van der Waals surface area (Å²) in [6, 6.07) is 12.8. The standard InChI is InChI=1S/C45H59N9O5S/c1-45(46)18-21-53(22-19-45)38-26-49-41(27-47-38)60-35-12-10-11-34(24-35)50-42(57)33-28-52(29-33)20-9-7-5-3-2-4-6-8-13-39(55)48-25-31-14-15-36-32(23-31)30-54(44(36)59)37-16-17-40(56)51-43(37)58/h10-12,14-15,23-24,26-27,33,37H,2-9,13,16-22,25,28-30,46H2,1H3,(H,48,55)(H,50,57)(H,51,56,58). The fourth-order valence-corrected chi connectivity index (χ4v) is 9.19. The molecule has 0 spiro atoms. The number of imide groups is 1. The van der Waals surface area contributed by atoms with Crippen molar-refractivity contribution in [3.63, 3.8) is 0 Å². The zero-order valence-corrected chi connectivity index (χ0v) is 35.6. The van der Waals surface area contributed by atoms with Crippen LogP contribution in [0.4, 0.5) is 11.5 Å². The number of benzene rings is 2. The summed E-state index contributed by atoms with van der Waals surface area (Å²) < 4.78 is 0. The van der Waals surface area contributed by atoms with Gasteiger partial charge in [0.2, 0.25) is 23.6 Å². The Balaban J connectivity index is 0.687.